The quantitative estimate of drug-likeness (QED) is 0.640. The number of carbonyl (C=O) groups is 1. The molecule has 0 bridgehead atoms. The summed E-state index contributed by atoms with van der Waals surface area (Å²) in [5.41, 5.74) is 12.5. The Bertz CT molecular complexity index is 709. The van der Waals surface area contributed by atoms with Crippen molar-refractivity contribution in [2.75, 3.05) is 23.8 Å². The number of amides is 1. The topological polar surface area (TPSA) is 128 Å². The highest BCUT2D eigenvalue weighted by Gasteiger charge is 2.23. The number of nitrogens with zero attached hydrogens (tertiary/aromatic N) is 2. The van der Waals surface area contributed by atoms with E-state index in [-0.39, 0.29) is 12.1 Å². The molecular formula is C16H20N6O2. The van der Waals surface area contributed by atoms with Crippen LogP contribution in [-0.4, -0.2) is 41.2 Å². The van der Waals surface area contributed by atoms with Gasteiger partial charge in [-0.3, -0.25) is 9.78 Å². The lowest BCUT2D eigenvalue weighted by molar-refractivity contribution is 0.0752. The first-order valence-corrected chi connectivity index (χ1v) is 7.71. The summed E-state index contributed by atoms with van der Waals surface area (Å²) in [6.45, 7) is 1.17. The summed E-state index contributed by atoms with van der Waals surface area (Å²) in [5, 5.41) is 6.37. The first kappa shape index (κ1) is 16.2. The third-order valence-corrected chi connectivity index (χ3v) is 3.82. The van der Waals surface area contributed by atoms with Gasteiger partial charge in [-0.2, -0.15) is 0 Å². The maximum Gasteiger partial charge on any atom is 0.252 e. The molecule has 2 aromatic rings. The SMILES string of the molecule is NC(=O)c1ccc(N[C@@H]2CCOC[C@@H]2N)nc1Nc1cccnc1. The minimum atomic E-state index is -0.553. The van der Waals surface area contributed by atoms with Crippen LogP contribution in [0, 0.1) is 0 Å². The number of anilines is 3. The molecule has 0 radical (unpaired) electrons. The van der Waals surface area contributed by atoms with Gasteiger partial charge < -0.3 is 26.8 Å². The summed E-state index contributed by atoms with van der Waals surface area (Å²) >= 11 is 0. The van der Waals surface area contributed by atoms with Gasteiger partial charge >= 0.3 is 0 Å². The number of nitrogens with two attached hydrogens (primary N) is 2. The lowest BCUT2D eigenvalue weighted by Crippen LogP contribution is -2.47. The van der Waals surface area contributed by atoms with Crippen LogP contribution >= 0.6 is 0 Å². The Morgan fingerprint density at radius 3 is 2.92 bits per heavy atom. The average molecular weight is 328 g/mol. The van der Waals surface area contributed by atoms with Crippen molar-refractivity contribution in [1.29, 1.82) is 0 Å². The Morgan fingerprint density at radius 2 is 2.21 bits per heavy atom. The second kappa shape index (κ2) is 7.24. The third-order valence-electron chi connectivity index (χ3n) is 3.82. The van der Waals surface area contributed by atoms with E-state index in [4.69, 9.17) is 16.2 Å². The number of pyridine rings is 2. The lowest BCUT2D eigenvalue weighted by atomic mass is 10.0. The number of rotatable bonds is 5. The molecule has 1 saturated heterocycles. The zero-order valence-electron chi connectivity index (χ0n) is 13.1. The molecule has 0 aliphatic carbocycles. The predicted molar refractivity (Wildman–Crippen MR) is 91.1 cm³/mol. The summed E-state index contributed by atoms with van der Waals surface area (Å²) in [7, 11) is 0. The lowest BCUT2D eigenvalue weighted by Gasteiger charge is -2.29. The second-order valence-corrected chi connectivity index (χ2v) is 5.60. The Balaban J connectivity index is 1.83. The molecule has 2 aromatic heterocycles. The van der Waals surface area contributed by atoms with Crippen LogP contribution in [0.25, 0.3) is 0 Å². The standard InChI is InChI=1S/C16H20N6O2/c17-12-9-24-7-5-13(12)21-14-4-3-11(15(18)23)16(22-14)20-10-2-1-6-19-8-10/h1-4,6,8,12-13H,5,7,9,17H2,(H2,18,23)(H2,20,21,22)/t12-,13+/m0/s1. The molecule has 8 heteroatoms. The van der Waals surface area contributed by atoms with E-state index in [0.717, 1.165) is 6.42 Å². The number of hydrogen-bond acceptors (Lipinski definition) is 7. The van der Waals surface area contributed by atoms with Crippen molar-refractivity contribution < 1.29 is 9.53 Å². The van der Waals surface area contributed by atoms with Crippen LogP contribution in [0.4, 0.5) is 17.3 Å². The van der Waals surface area contributed by atoms with Crippen LogP contribution in [0.15, 0.2) is 36.7 Å². The third kappa shape index (κ3) is 3.79. The number of hydrogen-bond donors (Lipinski definition) is 4. The van der Waals surface area contributed by atoms with Gasteiger partial charge in [-0.1, -0.05) is 0 Å². The van der Waals surface area contributed by atoms with E-state index in [1.54, 1.807) is 30.6 Å². The molecule has 6 N–H and O–H groups in total. The average Bonchev–Trinajstić information content (AvgIpc) is 2.58. The van der Waals surface area contributed by atoms with E-state index in [1.165, 1.54) is 0 Å². The highest BCUT2D eigenvalue weighted by molar-refractivity contribution is 5.98. The first-order valence-electron chi connectivity index (χ1n) is 7.71. The molecule has 126 valence electrons. The van der Waals surface area contributed by atoms with E-state index in [1.807, 2.05) is 6.07 Å². The van der Waals surface area contributed by atoms with Crippen molar-refractivity contribution in [3.8, 4) is 0 Å². The fourth-order valence-corrected chi connectivity index (χ4v) is 2.54. The van der Waals surface area contributed by atoms with Gasteiger partial charge in [0.25, 0.3) is 5.91 Å². The van der Waals surface area contributed by atoms with Crippen molar-refractivity contribution in [3.63, 3.8) is 0 Å². The maximum atomic E-state index is 11.6. The van der Waals surface area contributed by atoms with Gasteiger partial charge in [0.2, 0.25) is 0 Å². The van der Waals surface area contributed by atoms with Gasteiger partial charge in [-0.05, 0) is 30.7 Å². The number of primary amides is 1. The monoisotopic (exact) mass is 328 g/mol. The molecule has 3 heterocycles. The smallest absolute Gasteiger partial charge is 0.252 e. The van der Waals surface area contributed by atoms with Crippen LogP contribution in [0.1, 0.15) is 16.8 Å². The largest absolute Gasteiger partial charge is 0.380 e. The van der Waals surface area contributed by atoms with Gasteiger partial charge in [-0.25, -0.2) is 4.98 Å². The van der Waals surface area contributed by atoms with Gasteiger partial charge in [0.05, 0.1) is 24.1 Å². The molecule has 1 aliphatic heterocycles. The molecule has 8 nitrogen and oxygen atoms in total. The van der Waals surface area contributed by atoms with Crippen LogP contribution in [0.2, 0.25) is 0 Å². The van der Waals surface area contributed by atoms with Crippen LogP contribution in [0.3, 0.4) is 0 Å². The van der Waals surface area contributed by atoms with Crippen molar-refractivity contribution in [1.82, 2.24) is 9.97 Å². The molecule has 0 saturated carbocycles. The Labute approximate surface area is 139 Å². The number of carbonyl (C=O) groups excluding carboxylic acids is 1. The molecule has 0 spiro atoms. The van der Waals surface area contributed by atoms with Crippen LogP contribution in [-0.2, 0) is 4.74 Å². The maximum absolute atomic E-state index is 11.6. The molecule has 1 aliphatic rings. The molecule has 1 fully saturated rings. The van der Waals surface area contributed by atoms with Gasteiger partial charge in [0.15, 0.2) is 0 Å². The van der Waals surface area contributed by atoms with E-state index in [0.29, 0.717) is 36.1 Å². The molecular weight excluding hydrogens is 308 g/mol. The van der Waals surface area contributed by atoms with Crippen LogP contribution in [0.5, 0.6) is 0 Å². The number of nitrogens with one attached hydrogen (secondary N) is 2. The van der Waals surface area contributed by atoms with E-state index in [9.17, 15) is 4.79 Å². The highest BCUT2D eigenvalue weighted by atomic mass is 16.5. The van der Waals surface area contributed by atoms with Gasteiger partial charge in [0.1, 0.15) is 11.6 Å². The van der Waals surface area contributed by atoms with Crippen molar-refractivity contribution in [3.05, 3.63) is 42.2 Å². The van der Waals surface area contributed by atoms with Crippen LogP contribution < -0.4 is 22.1 Å². The molecule has 0 unspecified atom stereocenters. The molecule has 1 amide bonds. The zero-order chi connectivity index (χ0) is 16.9. The summed E-state index contributed by atoms with van der Waals surface area (Å²) < 4.78 is 5.34. The summed E-state index contributed by atoms with van der Waals surface area (Å²) in [4.78, 5) is 20.1. The molecule has 24 heavy (non-hydrogen) atoms. The van der Waals surface area contributed by atoms with E-state index < -0.39 is 5.91 Å². The van der Waals surface area contributed by atoms with Gasteiger partial charge in [-0.15, -0.1) is 0 Å². The van der Waals surface area contributed by atoms with Gasteiger partial charge in [0, 0.05) is 24.9 Å². The van der Waals surface area contributed by atoms with Crippen molar-refractivity contribution in [2.45, 2.75) is 18.5 Å². The number of ether oxygens (including phenoxy) is 1. The van der Waals surface area contributed by atoms with E-state index >= 15 is 0 Å². The highest BCUT2D eigenvalue weighted by Crippen LogP contribution is 2.22. The summed E-state index contributed by atoms with van der Waals surface area (Å²) in [6, 6.07) is 6.93. The molecule has 3 rings (SSSR count). The second-order valence-electron chi connectivity index (χ2n) is 5.60. The minimum absolute atomic E-state index is 0.0666. The Morgan fingerprint density at radius 1 is 1.33 bits per heavy atom. The predicted octanol–water partition coefficient (Wildman–Crippen LogP) is 0.847. The zero-order valence-corrected chi connectivity index (χ0v) is 13.1. The van der Waals surface area contributed by atoms with E-state index in [2.05, 4.69) is 20.6 Å². The van der Waals surface area contributed by atoms with Crippen molar-refractivity contribution >= 4 is 23.2 Å². The Kier molecular flexibility index (Phi) is 4.88. The fourth-order valence-electron chi connectivity index (χ4n) is 2.54. The molecule has 0 aromatic carbocycles. The summed E-state index contributed by atoms with van der Waals surface area (Å²) in [6.07, 6.45) is 4.10. The van der Waals surface area contributed by atoms with Crippen molar-refractivity contribution in [2.24, 2.45) is 11.5 Å². The molecule has 2 atom stereocenters. The fraction of sp³-hybridized carbons (Fsp3) is 0.312. The normalized spacial score (nSPS) is 20.4. The minimum Gasteiger partial charge on any atom is -0.380 e. The summed E-state index contributed by atoms with van der Waals surface area (Å²) in [5.74, 6) is 0.443. The first-order chi connectivity index (χ1) is 11.6. The Hall–Kier alpha value is -2.71. The number of aromatic nitrogens is 2.